The van der Waals surface area contributed by atoms with Gasteiger partial charge in [-0.2, -0.15) is 5.10 Å². The molecule has 0 saturated carbocycles. The molecular weight excluding hydrogens is 312 g/mol. The highest BCUT2D eigenvalue weighted by molar-refractivity contribution is 5.99. The molecular formula is C20H22N4O. The van der Waals surface area contributed by atoms with Gasteiger partial charge in [-0.25, -0.2) is 4.68 Å². The molecule has 0 atom stereocenters. The maximum atomic E-state index is 11.9. The molecule has 0 saturated heterocycles. The van der Waals surface area contributed by atoms with Crippen LogP contribution in [0.5, 0.6) is 0 Å². The lowest BCUT2D eigenvalue weighted by Crippen LogP contribution is -2.19. The second-order valence-electron chi connectivity index (χ2n) is 5.98. The summed E-state index contributed by atoms with van der Waals surface area (Å²) in [7, 11) is 1.64. The third kappa shape index (κ3) is 3.71. The van der Waals surface area contributed by atoms with Gasteiger partial charge in [-0.15, -0.1) is 0 Å². The fourth-order valence-corrected chi connectivity index (χ4v) is 2.81. The summed E-state index contributed by atoms with van der Waals surface area (Å²) in [6.07, 6.45) is 0. The smallest absolute Gasteiger partial charge is 0.253 e. The van der Waals surface area contributed by atoms with E-state index in [9.17, 15) is 4.79 Å². The molecule has 5 heteroatoms. The molecule has 0 spiro atoms. The standard InChI is InChI=1S/C20H22N4O/c1-14-12-15(2)24(23-14)17-10-8-16(9-11-17)13-22-19-7-5-4-6-18(19)20(25)21-3/h4-12,22H,13H2,1-3H3,(H,21,25). The molecule has 3 aromatic rings. The first kappa shape index (κ1) is 16.8. The van der Waals surface area contributed by atoms with Gasteiger partial charge in [-0.05, 0) is 49.7 Å². The average molecular weight is 334 g/mol. The highest BCUT2D eigenvalue weighted by Crippen LogP contribution is 2.17. The van der Waals surface area contributed by atoms with E-state index in [1.807, 2.05) is 42.8 Å². The number of aryl methyl sites for hydroxylation is 2. The monoisotopic (exact) mass is 334 g/mol. The summed E-state index contributed by atoms with van der Waals surface area (Å²) < 4.78 is 1.94. The predicted molar refractivity (Wildman–Crippen MR) is 100 cm³/mol. The zero-order chi connectivity index (χ0) is 17.8. The van der Waals surface area contributed by atoms with E-state index in [-0.39, 0.29) is 5.91 Å². The quantitative estimate of drug-likeness (QED) is 0.751. The van der Waals surface area contributed by atoms with E-state index in [1.165, 1.54) is 0 Å². The molecule has 5 nitrogen and oxygen atoms in total. The fourth-order valence-electron chi connectivity index (χ4n) is 2.81. The maximum Gasteiger partial charge on any atom is 0.253 e. The van der Waals surface area contributed by atoms with Crippen molar-refractivity contribution in [2.24, 2.45) is 0 Å². The number of amides is 1. The van der Waals surface area contributed by atoms with E-state index in [0.29, 0.717) is 12.1 Å². The van der Waals surface area contributed by atoms with E-state index in [0.717, 1.165) is 28.3 Å². The number of benzene rings is 2. The molecule has 0 fully saturated rings. The summed E-state index contributed by atoms with van der Waals surface area (Å²) in [4.78, 5) is 11.9. The third-order valence-corrected chi connectivity index (χ3v) is 4.07. The van der Waals surface area contributed by atoms with Gasteiger partial charge >= 0.3 is 0 Å². The van der Waals surface area contributed by atoms with Gasteiger partial charge < -0.3 is 10.6 Å². The number of nitrogens with one attached hydrogen (secondary N) is 2. The predicted octanol–water partition coefficient (Wildman–Crippen LogP) is 3.46. The van der Waals surface area contributed by atoms with Crippen molar-refractivity contribution >= 4 is 11.6 Å². The van der Waals surface area contributed by atoms with E-state index in [1.54, 1.807) is 7.05 Å². The Morgan fingerprint density at radius 2 is 1.80 bits per heavy atom. The third-order valence-electron chi connectivity index (χ3n) is 4.07. The van der Waals surface area contributed by atoms with Crippen LogP contribution in [0.25, 0.3) is 5.69 Å². The summed E-state index contributed by atoms with van der Waals surface area (Å²) >= 11 is 0. The van der Waals surface area contributed by atoms with Crippen LogP contribution in [0.4, 0.5) is 5.69 Å². The largest absolute Gasteiger partial charge is 0.380 e. The molecule has 1 heterocycles. The molecule has 3 rings (SSSR count). The molecule has 128 valence electrons. The number of carbonyl (C=O) groups excluding carboxylic acids is 1. The topological polar surface area (TPSA) is 59.0 Å². The van der Waals surface area contributed by atoms with Crippen molar-refractivity contribution in [2.75, 3.05) is 12.4 Å². The summed E-state index contributed by atoms with van der Waals surface area (Å²) in [6, 6.07) is 17.8. The highest BCUT2D eigenvalue weighted by Gasteiger charge is 2.09. The molecule has 1 amide bonds. The zero-order valence-electron chi connectivity index (χ0n) is 14.7. The van der Waals surface area contributed by atoms with Gasteiger partial charge in [0.25, 0.3) is 5.91 Å². The second kappa shape index (κ2) is 7.21. The number of hydrogen-bond acceptors (Lipinski definition) is 3. The number of anilines is 1. The molecule has 0 aliphatic rings. The van der Waals surface area contributed by atoms with Gasteiger partial charge in [0.2, 0.25) is 0 Å². The van der Waals surface area contributed by atoms with Gasteiger partial charge in [0.05, 0.1) is 16.9 Å². The number of para-hydroxylation sites is 1. The molecule has 0 aliphatic heterocycles. The van der Waals surface area contributed by atoms with Crippen LogP contribution in [0.2, 0.25) is 0 Å². The minimum atomic E-state index is -0.0945. The van der Waals surface area contributed by atoms with Gasteiger partial charge in [0.1, 0.15) is 0 Å². The van der Waals surface area contributed by atoms with Crippen LogP contribution in [0, 0.1) is 13.8 Å². The van der Waals surface area contributed by atoms with Crippen molar-refractivity contribution in [1.82, 2.24) is 15.1 Å². The molecule has 2 aromatic carbocycles. The molecule has 1 aromatic heterocycles. The summed E-state index contributed by atoms with van der Waals surface area (Å²) in [5, 5.41) is 10.5. The Balaban J connectivity index is 1.73. The van der Waals surface area contributed by atoms with E-state index < -0.39 is 0 Å². The summed E-state index contributed by atoms with van der Waals surface area (Å²) in [5.41, 5.74) is 5.77. The number of nitrogens with zero attached hydrogens (tertiary/aromatic N) is 2. The van der Waals surface area contributed by atoms with Crippen molar-refractivity contribution in [3.05, 3.63) is 77.1 Å². The molecule has 2 N–H and O–H groups in total. The first-order valence-corrected chi connectivity index (χ1v) is 8.26. The number of carbonyl (C=O) groups is 1. The Labute approximate surface area is 147 Å². The van der Waals surface area contributed by atoms with Crippen LogP contribution in [-0.2, 0) is 6.54 Å². The van der Waals surface area contributed by atoms with Crippen molar-refractivity contribution in [1.29, 1.82) is 0 Å². The minimum absolute atomic E-state index is 0.0945. The van der Waals surface area contributed by atoms with Crippen molar-refractivity contribution in [2.45, 2.75) is 20.4 Å². The normalized spacial score (nSPS) is 10.5. The highest BCUT2D eigenvalue weighted by atomic mass is 16.1. The van der Waals surface area contributed by atoms with Crippen LogP contribution in [0.3, 0.4) is 0 Å². The fraction of sp³-hybridized carbons (Fsp3) is 0.200. The Bertz CT molecular complexity index is 881. The number of rotatable bonds is 5. The summed E-state index contributed by atoms with van der Waals surface area (Å²) in [6.45, 7) is 4.68. The molecule has 25 heavy (non-hydrogen) atoms. The van der Waals surface area contributed by atoms with Crippen molar-refractivity contribution < 1.29 is 4.79 Å². The summed E-state index contributed by atoms with van der Waals surface area (Å²) in [5.74, 6) is -0.0945. The van der Waals surface area contributed by atoms with Crippen LogP contribution in [0.15, 0.2) is 54.6 Å². The first-order valence-electron chi connectivity index (χ1n) is 8.26. The van der Waals surface area contributed by atoms with E-state index >= 15 is 0 Å². The van der Waals surface area contributed by atoms with Gasteiger partial charge in [-0.1, -0.05) is 24.3 Å². The van der Waals surface area contributed by atoms with E-state index in [4.69, 9.17) is 0 Å². The van der Waals surface area contributed by atoms with Crippen LogP contribution >= 0.6 is 0 Å². The molecule has 0 unspecified atom stereocenters. The lowest BCUT2D eigenvalue weighted by molar-refractivity contribution is 0.0964. The number of aromatic nitrogens is 2. The number of hydrogen-bond donors (Lipinski definition) is 2. The SMILES string of the molecule is CNC(=O)c1ccccc1NCc1ccc(-n2nc(C)cc2C)cc1. The van der Waals surface area contributed by atoms with Crippen molar-refractivity contribution in [3.8, 4) is 5.69 Å². The minimum Gasteiger partial charge on any atom is -0.380 e. The Morgan fingerprint density at radius 3 is 2.44 bits per heavy atom. The lowest BCUT2D eigenvalue weighted by atomic mass is 10.1. The Morgan fingerprint density at radius 1 is 1.08 bits per heavy atom. The second-order valence-corrected chi connectivity index (χ2v) is 5.98. The average Bonchev–Trinajstić information content (AvgIpc) is 2.98. The molecule has 0 aliphatic carbocycles. The Kier molecular flexibility index (Phi) is 4.84. The first-order chi connectivity index (χ1) is 12.1. The van der Waals surface area contributed by atoms with Crippen molar-refractivity contribution in [3.63, 3.8) is 0 Å². The lowest BCUT2D eigenvalue weighted by Gasteiger charge is -2.12. The molecule has 0 radical (unpaired) electrons. The van der Waals surface area contributed by atoms with Gasteiger partial charge in [-0.3, -0.25) is 4.79 Å². The van der Waals surface area contributed by atoms with Gasteiger partial charge in [0.15, 0.2) is 0 Å². The maximum absolute atomic E-state index is 11.9. The van der Waals surface area contributed by atoms with Gasteiger partial charge in [0, 0.05) is 25.0 Å². The Hall–Kier alpha value is -3.08. The molecule has 0 bridgehead atoms. The zero-order valence-corrected chi connectivity index (χ0v) is 14.7. The van der Waals surface area contributed by atoms with E-state index in [2.05, 4.69) is 46.1 Å². The van der Waals surface area contributed by atoms with Crippen LogP contribution < -0.4 is 10.6 Å². The van der Waals surface area contributed by atoms with Crippen LogP contribution in [-0.4, -0.2) is 22.7 Å². The van der Waals surface area contributed by atoms with Crippen LogP contribution in [0.1, 0.15) is 27.3 Å².